The summed E-state index contributed by atoms with van der Waals surface area (Å²) in [6, 6.07) is 10.3. The Morgan fingerprint density at radius 3 is 2.57 bits per heavy atom. The number of aliphatic hydroxyl groups excluding tert-OH is 1. The Kier molecular flexibility index (Phi) is 7.69. The van der Waals surface area contributed by atoms with E-state index in [9.17, 15) is 14.7 Å². The SMILES string of the molecule is Cn1cc(-c2cc(F)cc(N3CCc4c(sc5c4CCCC5)C3=O)c2CO)nc(Nc2ccc(N3CCOCC3)cc2)c1=O. The summed E-state index contributed by atoms with van der Waals surface area (Å²) in [4.78, 5) is 37.3. The smallest absolute Gasteiger partial charge is 0.293 e. The van der Waals surface area contributed by atoms with E-state index in [0.29, 0.717) is 54.4 Å². The van der Waals surface area contributed by atoms with Crippen LogP contribution in [0.1, 0.15) is 44.1 Å². The van der Waals surface area contributed by atoms with Crippen molar-refractivity contribution in [2.45, 2.75) is 38.7 Å². The monoisotopic (exact) mass is 615 g/mol. The van der Waals surface area contributed by atoms with Crippen LogP contribution >= 0.6 is 11.3 Å². The minimum Gasteiger partial charge on any atom is -0.392 e. The zero-order valence-corrected chi connectivity index (χ0v) is 25.4. The summed E-state index contributed by atoms with van der Waals surface area (Å²) < 4.78 is 22.1. The Morgan fingerprint density at radius 1 is 1.02 bits per heavy atom. The van der Waals surface area contributed by atoms with Gasteiger partial charge in [-0.25, -0.2) is 9.37 Å². The average molecular weight is 616 g/mol. The molecule has 2 N–H and O–H groups in total. The second-order valence-electron chi connectivity index (χ2n) is 11.5. The molecule has 0 spiro atoms. The molecule has 44 heavy (non-hydrogen) atoms. The molecule has 9 nitrogen and oxygen atoms in total. The normalized spacial score (nSPS) is 16.6. The zero-order valence-electron chi connectivity index (χ0n) is 24.6. The molecule has 3 aliphatic rings. The van der Waals surface area contributed by atoms with Gasteiger partial charge in [0.15, 0.2) is 5.82 Å². The van der Waals surface area contributed by atoms with Crippen molar-refractivity contribution < 1.29 is 19.0 Å². The average Bonchev–Trinajstić information content (AvgIpc) is 3.43. The zero-order chi connectivity index (χ0) is 30.4. The molecule has 1 amide bonds. The number of hydrogen-bond acceptors (Lipinski definition) is 8. The van der Waals surface area contributed by atoms with Crippen LogP contribution in [0.5, 0.6) is 0 Å². The van der Waals surface area contributed by atoms with Gasteiger partial charge in [-0.05, 0) is 79.6 Å². The molecule has 1 aliphatic carbocycles. The van der Waals surface area contributed by atoms with Gasteiger partial charge in [0.2, 0.25) is 0 Å². The number of rotatable bonds is 6. The van der Waals surface area contributed by atoms with E-state index >= 15 is 4.39 Å². The first-order valence-corrected chi connectivity index (χ1v) is 15.9. The molecule has 0 atom stereocenters. The van der Waals surface area contributed by atoms with E-state index in [2.05, 4.69) is 15.2 Å². The minimum absolute atomic E-state index is 0.0710. The van der Waals surface area contributed by atoms with Crippen molar-refractivity contribution in [1.82, 2.24) is 9.55 Å². The van der Waals surface area contributed by atoms with Gasteiger partial charge in [-0.2, -0.15) is 0 Å². The van der Waals surface area contributed by atoms with Crippen LogP contribution in [0, 0.1) is 5.82 Å². The van der Waals surface area contributed by atoms with Gasteiger partial charge in [-0.1, -0.05) is 0 Å². The van der Waals surface area contributed by atoms with Crippen molar-refractivity contribution in [1.29, 1.82) is 0 Å². The molecule has 0 saturated carbocycles. The molecule has 0 bridgehead atoms. The summed E-state index contributed by atoms with van der Waals surface area (Å²) in [7, 11) is 1.60. The van der Waals surface area contributed by atoms with Crippen molar-refractivity contribution in [2.75, 3.05) is 48.0 Å². The Hall–Kier alpha value is -4.06. The van der Waals surface area contributed by atoms with Gasteiger partial charge in [0.05, 0.1) is 36.1 Å². The molecule has 11 heteroatoms. The van der Waals surface area contributed by atoms with Crippen LogP contribution < -0.4 is 20.7 Å². The van der Waals surface area contributed by atoms with E-state index in [1.165, 1.54) is 33.3 Å². The highest BCUT2D eigenvalue weighted by atomic mass is 32.1. The summed E-state index contributed by atoms with van der Waals surface area (Å²) in [5.41, 5.74) is 5.21. The highest BCUT2D eigenvalue weighted by Crippen LogP contribution is 2.40. The number of carbonyl (C=O) groups is 1. The first kappa shape index (κ1) is 28.7. The lowest BCUT2D eigenvalue weighted by Gasteiger charge is -2.30. The summed E-state index contributed by atoms with van der Waals surface area (Å²) in [5.74, 6) is -0.644. The summed E-state index contributed by atoms with van der Waals surface area (Å²) in [6.45, 7) is 2.98. The highest BCUT2D eigenvalue weighted by Gasteiger charge is 2.33. The first-order valence-electron chi connectivity index (χ1n) is 15.1. The maximum absolute atomic E-state index is 15.3. The summed E-state index contributed by atoms with van der Waals surface area (Å²) >= 11 is 1.56. The van der Waals surface area contributed by atoms with Gasteiger partial charge < -0.3 is 29.5 Å². The molecule has 4 heterocycles. The molecule has 1 fully saturated rings. The van der Waals surface area contributed by atoms with Crippen molar-refractivity contribution >= 4 is 40.1 Å². The van der Waals surface area contributed by atoms with Crippen LogP contribution in [0.2, 0.25) is 0 Å². The quantitative estimate of drug-likeness (QED) is 0.322. The van der Waals surface area contributed by atoms with E-state index in [0.717, 1.165) is 54.9 Å². The molecule has 0 radical (unpaired) electrons. The molecule has 4 aromatic rings. The number of carbonyl (C=O) groups excluding carboxylic acids is 1. The summed E-state index contributed by atoms with van der Waals surface area (Å²) in [6.07, 6.45) is 6.50. The number of fused-ring (bicyclic) bond motifs is 3. The fourth-order valence-electron chi connectivity index (χ4n) is 6.54. The van der Waals surface area contributed by atoms with E-state index < -0.39 is 12.4 Å². The predicted molar refractivity (Wildman–Crippen MR) is 170 cm³/mol. The number of ether oxygens (including phenoxy) is 1. The molecule has 2 aromatic carbocycles. The van der Waals surface area contributed by atoms with Crippen LogP contribution in [-0.2, 0) is 37.7 Å². The van der Waals surface area contributed by atoms with Crippen LogP contribution in [0.15, 0.2) is 47.4 Å². The van der Waals surface area contributed by atoms with E-state index in [-0.39, 0.29) is 17.3 Å². The van der Waals surface area contributed by atoms with E-state index in [1.54, 1.807) is 23.3 Å². The fourth-order valence-corrected chi connectivity index (χ4v) is 7.92. The number of morpholine rings is 1. The van der Waals surface area contributed by atoms with Crippen molar-refractivity contribution in [3.05, 3.63) is 85.2 Å². The Labute approximate surface area is 258 Å². The van der Waals surface area contributed by atoms with E-state index in [1.807, 2.05) is 24.3 Å². The lowest BCUT2D eigenvalue weighted by atomic mass is 9.91. The number of nitrogens with zero attached hydrogens (tertiary/aromatic N) is 4. The molecule has 7 rings (SSSR count). The largest absolute Gasteiger partial charge is 0.392 e. The Morgan fingerprint density at radius 2 is 1.80 bits per heavy atom. The van der Waals surface area contributed by atoms with Gasteiger partial charge in [-0.3, -0.25) is 9.59 Å². The second kappa shape index (κ2) is 11.8. The second-order valence-corrected chi connectivity index (χ2v) is 12.6. The molecule has 228 valence electrons. The van der Waals surface area contributed by atoms with Crippen molar-refractivity contribution in [2.24, 2.45) is 7.05 Å². The Bertz CT molecular complexity index is 1800. The predicted octanol–water partition coefficient (Wildman–Crippen LogP) is 4.80. The third-order valence-corrected chi connectivity index (χ3v) is 10.1. The fraction of sp³-hybridized carbons (Fsp3) is 0.364. The van der Waals surface area contributed by atoms with Gasteiger partial charge in [-0.15, -0.1) is 11.3 Å². The van der Waals surface area contributed by atoms with Crippen LogP contribution in [0.3, 0.4) is 0 Å². The Balaban J connectivity index is 1.22. The molecule has 1 saturated heterocycles. The van der Waals surface area contributed by atoms with Gasteiger partial charge in [0.25, 0.3) is 11.5 Å². The first-order chi connectivity index (χ1) is 21.4. The number of halogens is 1. The molecular formula is C33H34FN5O4S. The van der Waals surface area contributed by atoms with Gasteiger partial charge >= 0.3 is 0 Å². The van der Waals surface area contributed by atoms with E-state index in [4.69, 9.17) is 4.74 Å². The number of amides is 1. The third kappa shape index (κ3) is 5.18. The number of thiophene rings is 1. The van der Waals surface area contributed by atoms with Crippen LogP contribution in [0.4, 0.5) is 27.3 Å². The van der Waals surface area contributed by atoms with Crippen LogP contribution in [0.25, 0.3) is 11.3 Å². The number of anilines is 4. The number of hydrogen-bond donors (Lipinski definition) is 2. The van der Waals surface area contributed by atoms with Crippen molar-refractivity contribution in [3.63, 3.8) is 0 Å². The van der Waals surface area contributed by atoms with Gasteiger partial charge in [0.1, 0.15) is 5.82 Å². The number of benzene rings is 2. The minimum atomic E-state index is -0.555. The summed E-state index contributed by atoms with van der Waals surface area (Å²) in [5, 5.41) is 13.7. The number of nitrogens with one attached hydrogen (secondary N) is 1. The number of aromatic nitrogens is 2. The van der Waals surface area contributed by atoms with Gasteiger partial charge in [0, 0.05) is 60.3 Å². The lowest BCUT2D eigenvalue weighted by Crippen LogP contribution is -2.37. The maximum Gasteiger partial charge on any atom is 0.293 e. The topological polar surface area (TPSA) is 99.9 Å². The molecule has 0 unspecified atom stereocenters. The molecular weight excluding hydrogens is 581 g/mol. The molecule has 2 aliphatic heterocycles. The highest BCUT2D eigenvalue weighted by molar-refractivity contribution is 7.14. The third-order valence-electron chi connectivity index (χ3n) is 8.80. The lowest BCUT2D eigenvalue weighted by molar-refractivity contribution is 0.0984. The maximum atomic E-state index is 15.3. The number of aliphatic hydroxyl groups is 1. The molecule has 2 aromatic heterocycles. The standard InChI is InChI=1S/C33H34FN5O4S/c1-37-18-27(36-31(33(37)42)35-21-6-8-22(9-7-21)38-12-14-43-15-13-38)25-16-20(34)17-28(26(25)19-40)39-11-10-24-23-4-2-3-5-29(23)44-30(24)32(39)41/h6-9,16-18,40H,2-5,10-15,19H2,1H3,(H,35,36). The number of aryl methyl sites for hydroxylation is 2. The van der Waals surface area contributed by atoms with Crippen LogP contribution in [-0.4, -0.2) is 53.4 Å². The van der Waals surface area contributed by atoms with Crippen molar-refractivity contribution in [3.8, 4) is 11.3 Å².